The molecule has 0 atom stereocenters. The average Bonchev–Trinajstić information content (AvgIpc) is 2.67. The lowest BCUT2D eigenvalue weighted by Gasteiger charge is -2.19. The fourth-order valence-electron chi connectivity index (χ4n) is 3.14. The molecule has 0 bridgehead atoms. The van der Waals surface area contributed by atoms with Crippen molar-refractivity contribution in [2.75, 3.05) is 37.4 Å². The lowest BCUT2D eigenvalue weighted by Crippen LogP contribution is -2.22. The van der Waals surface area contributed by atoms with Crippen LogP contribution in [0.2, 0.25) is 5.02 Å². The summed E-state index contributed by atoms with van der Waals surface area (Å²) in [4.78, 5) is 9.02. The number of phenolic OH excluding ortho intramolecular Hbond substituents is 1. The van der Waals surface area contributed by atoms with Gasteiger partial charge in [0.1, 0.15) is 11.6 Å². The molecule has 3 rings (SSSR count). The SMILES string of the molecule is CCN(CC)Cc1cc(Nc2cc(Cl)c3ccc(N(C)C)cc3n2)ccc1O.Cl.Cl.Cl. The van der Waals surface area contributed by atoms with Crippen LogP contribution in [-0.4, -0.2) is 42.2 Å². The van der Waals surface area contributed by atoms with E-state index in [0.717, 1.165) is 40.9 Å². The van der Waals surface area contributed by atoms with E-state index in [-0.39, 0.29) is 37.2 Å². The third-order valence-corrected chi connectivity index (χ3v) is 5.21. The van der Waals surface area contributed by atoms with Gasteiger partial charge >= 0.3 is 0 Å². The molecule has 0 saturated carbocycles. The van der Waals surface area contributed by atoms with Crippen molar-refractivity contribution in [1.82, 2.24) is 9.88 Å². The first kappa shape index (κ1) is 29.4. The number of pyridine rings is 1. The van der Waals surface area contributed by atoms with Crippen molar-refractivity contribution in [2.45, 2.75) is 20.4 Å². The number of aromatic hydroxyl groups is 1. The summed E-state index contributed by atoms with van der Waals surface area (Å²) in [6.45, 7) is 6.80. The summed E-state index contributed by atoms with van der Waals surface area (Å²) in [5.41, 5.74) is 3.66. The Bertz CT molecular complexity index is 981. The molecule has 31 heavy (non-hydrogen) atoms. The predicted molar refractivity (Wildman–Crippen MR) is 141 cm³/mol. The minimum Gasteiger partial charge on any atom is -0.508 e. The molecule has 0 aliphatic heterocycles. The number of hydrogen-bond acceptors (Lipinski definition) is 5. The first-order valence-corrected chi connectivity index (χ1v) is 9.88. The van der Waals surface area contributed by atoms with Gasteiger partial charge in [-0.05, 0) is 49.5 Å². The minimum atomic E-state index is 0. The van der Waals surface area contributed by atoms with Crippen LogP contribution in [0, 0.1) is 0 Å². The average molecular weight is 508 g/mol. The molecule has 0 aliphatic carbocycles. The number of hydrogen-bond donors (Lipinski definition) is 2. The standard InChI is InChI=1S/C22H27ClN4O.3ClH/c1-5-27(6-2)14-15-11-16(7-10-21(15)28)24-22-13-19(23)18-9-8-17(26(3)4)12-20(18)25-22;;;/h7-13,28H,5-6,14H2,1-4H3,(H,24,25);3*1H. The van der Waals surface area contributed by atoms with Gasteiger partial charge < -0.3 is 15.3 Å². The van der Waals surface area contributed by atoms with Crippen LogP contribution in [-0.2, 0) is 6.54 Å². The molecule has 0 radical (unpaired) electrons. The van der Waals surface area contributed by atoms with Gasteiger partial charge in [-0.1, -0.05) is 25.4 Å². The lowest BCUT2D eigenvalue weighted by molar-refractivity contribution is 0.291. The monoisotopic (exact) mass is 506 g/mol. The fourth-order valence-corrected chi connectivity index (χ4v) is 3.41. The second kappa shape index (κ2) is 13.0. The molecule has 0 aliphatic rings. The molecule has 0 amide bonds. The summed E-state index contributed by atoms with van der Waals surface area (Å²) in [6.07, 6.45) is 0. The van der Waals surface area contributed by atoms with Gasteiger partial charge in [0, 0.05) is 49.0 Å². The van der Waals surface area contributed by atoms with Crippen LogP contribution in [0.1, 0.15) is 19.4 Å². The highest BCUT2D eigenvalue weighted by molar-refractivity contribution is 6.35. The zero-order chi connectivity index (χ0) is 20.3. The maximum absolute atomic E-state index is 10.2. The Morgan fingerprint density at radius 3 is 2.26 bits per heavy atom. The number of phenols is 1. The van der Waals surface area contributed by atoms with E-state index in [9.17, 15) is 5.11 Å². The first-order valence-electron chi connectivity index (χ1n) is 9.50. The summed E-state index contributed by atoms with van der Waals surface area (Å²) >= 11 is 6.48. The van der Waals surface area contributed by atoms with Crippen molar-refractivity contribution in [3.63, 3.8) is 0 Å². The van der Waals surface area contributed by atoms with Gasteiger partial charge in [-0.25, -0.2) is 4.98 Å². The molecule has 0 spiro atoms. The molecule has 2 aromatic carbocycles. The van der Waals surface area contributed by atoms with E-state index in [1.165, 1.54) is 0 Å². The van der Waals surface area contributed by atoms with Crippen molar-refractivity contribution in [1.29, 1.82) is 0 Å². The number of nitrogens with zero attached hydrogens (tertiary/aromatic N) is 3. The summed E-state index contributed by atoms with van der Waals surface area (Å²) in [5, 5.41) is 15.1. The zero-order valence-corrected chi connectivity index (χ0v) is 21.3. The highest BCUT2D eigenvalue weighted by Gasteiger charge is 2.10. The highest BCUT2D eigenvalue weighted by atomic mass is 35.5. The van der Waals surface area contributed by atoms with Crippen LogP contribution in [0.3, 0.4) is 0 Å². The molecule has 0 unspecified atom stereocenters. The summed E-state index contributed by atoms with van der Waals surface area (Å²) in [6, 6.07) is 13.4. The van der Waals surface area contributed by atoms with Crippen LogP contribution in [0.4, 0.5) is 17.2 Å². The van der Waals surface area contributed by atoms with Crippen LogP contribution < -0.4 is 10.2 Å². The van der Waals surface area contributed by atoms with Gasteiger partial charge in [-0.3, -0.25) is 4.90 Å². The Kier molecular flexibility index (Phi) is 12.4. The second-order valence-electron chi connectivity index (χ2n) is 7.02. The van der Waals surface area contributed by atoms with Gasteiger partial charge in [0.15, 0.2) is 0 Å². The maximum Gasteiger partial charge on any atom is 0.132 e. The normalized spacial score (nSPS) is 10.1. The smallest absolute Gasteiger partial charge is 0.132 e. The molecule has 0 saturated heterocycles. The number of fused-ring (bicyclic) bond motifs is 1. The van der Waals surface area contributed by atoms with E-state index in [0.29, 0.717) is 23.1 Å². The molecule has 5 nitrogen and oxygen atoms in total. The lowest BCUT2D eigenvalue weighted by atomic mass is 10.1. The van der Waals surface area contributed by atoms with Gasteiger partial charge in [-0.15, -0.1) is 37.2 Å². The number of benzene rings is 2. The number of nitrogens with one attached hydrogen (secondary N) is 1. The van der Waals surface area contributed by atoms with E-state index < -0.39 is 0 Å². The molecule has 3 aromatic rings. The molecule has 172 valence electrons. The number of anilines is 3. The van der Waals surface area contributed by atoms with E-state index in [1.807, 2.05) is 55.4 Å². The van der Waals surface area contributed by atoms with Crippen LogP contribution >= 0.6 is 48.8 Å². The summed E-state index contributed by atoms with van der Waals surface area (Å²) in [7, 11) is 4.00. The highest BCUT2D eigenvalue weighted by Crippen LogP contribution is 2.30. The number of halogens is 4. The molecule has 2 N–H and O–H groups in total. The summed E-state index contributed by atoms with van der Waals surface area (Å²) < 4.78 is 0. The van der Waals surface area contributed by atoms with E-state index in [2.05, 4.69) is 24.1 Å². The largest absolute Gasteiger partial charge is 0.508 e. The van der Waals surface area contributed by atoms with Crippen molar-refractivity contribution >= 4 is 76.9 Å². The number of aromatic nitrogens is 1. The Morgan fingerprint density at radius 2 is 1.65 bits per heavy atom. The Labute approximate surface area is 208 Å². The van der Waals surface area contributed by atoms with Crippen LogP contribution in [0.5, 0.6) is 5.75 Å². The molecule has 1 aromatic heterocycles. The molecule has 1 heterocycles. The van der Waals surface area contributed by atoms with Crippen LogP contribution in [0.25, 0.3) is 10.9 Å². The van der Waals surface area contributed by atoms with E-state index in [1.54, 1.807) is 6.07 Å². The molecule has 9 heteroatoms. The summed E-state index contributed by atoms with van der Waals surface area (Å²) in [5.74, 6) is 0.977. The van der Waals surface area contributed by atoms with Gasteiger partial charge in [0.05, 0.1) is 10.5 Å². The Hall–Kier alpha value is -1.63. The molecular weight excluding hydrogens is 478 g/mol. The second-order valence-corrected chi connectivity index (χ2v) is 7.42. The van der Waals surface area contributed by atoms with Crippen LogP contribution in [0.15, 0.2) is 42.5 Å². The van der Waals surface area contributed by atoms with Gasteiger partial charge in [-0.2, -0.15) is 0 Å². The third-order valence-electron chi connectivity index (χ3n) is 4.90. The zero-order valence-electron chi connectivity index (χ0n) is 18.1. The van der Waals surface area contributed by atoms with Gasteiger partial charge in [0.2, 0.25) is 0 Å². The number of rotatable bonds is 7. The van der Waals surface area contributed by atoms with Crippen molar-refractivity contribution in [3.8, 4) is 5.75 Å². The van der Waals surface area contributed by atoms with Crippen molar-refractivity contribution in [2.24, 2.45) is 0 Å². The predicted octanol–water partition coefficient (Wildman–Crippen LogP) is 6.51. The van der Waals surface area contributed by atoms with Gasteiger partial charge in [0.25, 0.3) is 0 Å². The quantitative estimate of drug-likeness (QED) is 0.357. The molecule has 0 fully saturated rings. The minimum absolute atomic E-state index is 0. The Balaban J connectivity index is 0.00000300. The van der Waals surface area contributed by atoms with Crippen molar-refractivity contribution in [3.05, 3.63) is 53.1 Å². The third kappa shape index (κ3) is 7.19. The molecular formula is C22H30Cl4N4O. The van der Waals surface area contributed by atoms with E-state index in [4.69, 9.17) is 16.6 Å². The fraction of sp³-hybridized carbons (Fsp3) is 0.318. The van der Waals surface area contributed by atoms with Crippen molar-refractivity contribution < 1.29 is 5.11 Å². The topological polar surface area (TPSA) is 51.6 Å². The maximum atomic E-state index is 10.2. The Morgan fingerprint density at radius 1 is 0.968 bits per heavy atom. The van der Waals surface area contributed by atoms with E-state index >= 15 is 0 Å². The first-order chi connectivity index (χ1) is 13.4.